The first-order chi connectivity index (χ1) is 11.8. The van der Waals surface area contributed by atoms with Crippen molar-refractivity contribution in [3.8, 4) is 0 Å². The van der Waals surface area contributed by atoms with Gasteiger partial charge in [0, 0.05) is 26.2 Å². The van der Waals surface area contributed by atoms with Gasteiger partial charge in [0.2, 0.25) is 0 Å². The Morgan fingerprint density at radius 2 is 1.84 bits per heavy atom. The first-order valence-electron chi connectivity index (χ1n) is 7.75. The molecule has 0 radical (unpaired) electrons. The molecule has 0 fully saturated rings. The highest BCUT2D eigenvalue weighted by molar-refractivity contribution is 5.80. The molecule has 2 unspecified atom stereocenters. The smallest absolute Gasteiger partial charge is 0.321 e. The van der Waals surface area contributed by atoms with E-state index in [4.69, 9.17) is 20.1 Å². The fourth-order valence-electron chi connectivity index (χ4n) is 2.00. The standard InChI is InChI=1S/C15H26N2O8/c1-2-7-25-10-11(18)9-17(5-3-13(19)20)6-4-16-12(15(23)24)8-14(21)22/h2,11-12,16,18H,1,3-10H2,(H,19,20)(H,21,22)(H,23,24). The summed E-state index contributed by atoms with van der Waals surface area (Å²) in [5, 5.41) is 38.9. The molecule has 0 aromatic carbocycles. The van der Waals surface area contributed by atoms with Gasteiger partial charge < -0.3 is 30.5 Å². The van der Waals surface area contributed by atoms with Gasteiger partial charge in [0.25, 0.3) is 0 Å². The number of aliphatic carboxylic acids is 3. The summed E-state index contributed by atoms with van der Waals surface area (Å²) in [5.74, 6) is -3.51. The van der Waals surface area contributed by atoms with Crippen LogP contribution in [0.2, 0.25) is 0 Å². The summed E-state index contributed by atoms with van der Waals surface area (Å²) < 4.78 is 5.12. The Morgan fingerprint density at radius 3 is 2.36 bits per heavy atom. The molecule has 0 aliphatic rings. The maximum Gasteiger partial charge on any atom is 0.321 e. The average molecular weight is 362 g/mol. The molecule has 144 valence electrons. The van der Waals surface area contributed by atoms with Gasteiger partial charge in [0.15, 0.2) is 0 Å². The molecule has 0 aromatic rings. The second kappa shape index (κ2) is 13.3. The van der Waals surface area contributed by atoms with Gasteiger partial charge in [-0.25, -0.2) is 0 Å². The van der Waals surface area contributed by atoms with Crippen LogP contribution in [0.5, 0.6) is 0 Å². The Bertz CT molecular complexity index is 443. The number of aliphatic hydroxyl groups is 1. The minimum Gasteiger partial charge on any atom is -0.481 e. The fraction of sp³-hybridized carbons (Fsp3) is 0.667. The Morgan fingerprint density at radius 1 is 1.16 bits per heavy atom. The first-order valence-corrected chi connectivity index (χ1v) is 7.75. The number of carbonyl (C=O) groups is 3. The third-order valence-electron chi connectivity index (χ3n) is 3.15. The predicted octanol–water partition coefficient (Wildman–Crippen LogP) is -1.16. The lowest BCUT2D eigenvalue weighted by atomic mass is 10.2. The number of ether oxygens (including phenoxy) is 1. The van der Waals surface area contributed by atoms with E-state index >= 15 is 0 Å². The molecule has 0 aromatic heterocycles. The molecule has 0 saturated heterocycles. The topological polar surface area (TPSA) is 157 Å². The van der Waals surface area contributed by atoms with Gasteiger partial charge in [0.1, 0.15) is 6.04 Å². The maximum atomic E-state index is 11.0. The van der Waals surface area contributed by atoms with Crippen molar-refractivity contribution >= 4 is 17.9 Å². The minimum atomic E-state index is -1.28. The highest BCUT2D eigenvalue weighted by Crippen LogP contribution is 1.98. The number of carboxylic acid groups (broad SMARTS) is 3. The number of nitrogens with zero attached hydrogens (tertiary/aromatic N) is 1. The van der Waals surface area contributed by atoms with Gasteiger partial charge in [-0.2, -0.15) is 0 Å². The van der Waals surface area contributed by atoms with Crippen molar-refractivity contribution < 1.29 is 39.5 Å². The van der Waals surface area contributed by atoms with Crippen LogP contribution in [0, 0.1) is 0 Å². The van der Waals surface area contributed by atoms with Crippen LogP contribution in [0.15, 0.2) is 12.7 Å². The second-order valence-electron chi connectivity index (χ2n) is 5.37. The predicted molar refractivity (Wildman–Crippen MR) is 87.4 cm³/mol. The molecule has 0 heterocycles. The summed E-state index contributed by atoms with van der Waals surface area (Å²) in [6.45, 7) is 4.49. The molecule has 0 amide bonds. The van der Waals surface area contributed by atoms with Crippen LogP contribution in [-0.2, 0) is 19.1 Å². The van der Waals surface area contributed by atoms with Gasteiger partial charge >= 0.3 is 17.9 Å². The summed E-state index contributed by atoms with van der Waals surface area (Å²) in [6.07, 6.45) is -0.0175. The maximum absolute atomic E-state index is 11.0. The second-order valence-corrected chi connectivity index (χ2v) is 5.37. The number of nitrogens with one attached hydrogen (secondary N) is 1. The average Bonchev–Trinajstić information content (AvgIpc) is 2.51. The van der Waals surface area contributed by atoms with Crippen LogP contribution in [-0.4, -0.2) is 94.8 Å². The summed E-state index contributed by atoms with van der Waals surface area (Å²) in [6, 6.07) is -1.24. The molecular formula is C15H26N2O8. The van der Waals surface area contributed by atoms with Gasteiger partial charge in [-0.1, -0.05) is 6.08 Å². The molecule has 2 atom stereocenters. The van der Waals surface area contributed by atoms with Crippen molar-refractivity contribution in [2.75, 3.05) is 39.4 Å². The number of aliphatic hydroxyl groups excluding tert-OH is 1. The highest BCUT2D eigenvalue weighted by Gasteiger charge is 2.21. The monoisotopic (exact) mass is 362 g/mol. The van der Waals surface area contributed by atoms with E-state index in [1.54, 1.807) is 4.90 Å². The lowest BCUT2D eigenvalue weighted by molar-refractivity contribution is -0.145. The van der Waals surface area contributed by atoms with Crippen molar-refractivity contribution in [1.82, 2.24) is 10.2 Å². The molecule has 10 nitrogen and oxygen atoms in total. The van der Waals surface area contributed by atoms with Crippen LogP contribution in [0.1, 0.15) is 12.8 Å². The number of carboxylic acids is 3. The van der Waals surface area contributed by atoms with Gasteiger partial charge in [-0.05, 0) is 0 Å². The lowest BCUT2D eigenvalue weighted by Crippen LogP contribution is -2.44. The van der Waals surface area contributed by atoms with Gasteiger partial charge in [-0.15, -0.1) is 6.58 Å². The largest absolute Gasteiger partial charge is 0.481 e. The molecule has 0 spiro atoms. The molecule has 0 rings (SSSR count). The van der Waals surface area contributed by atoms with Crippen LogP contribution in [0.4, 0.5) is 0 Å². The fourth-order valence-corrected chi connectivity index (χ4v) is 2.00. The van der Waals surface area contributed by atoms with Crippen LogP contribution >= 0.6 is 0 Å². The summed E-state index contributed by atoms with van der Waals surface area (Å²) >= 11 is 0. The third-order valence-corrected chi connectivity index (χ3v) is 3.15. The van der Waals surface area contributed by atoms with E-state index in [1.807, 2.05) is 0 Å². The van der Waals surface area contributed by atoms with Crippen LogP contribution in [0.25, 0.3) is 0 Å². The molecule has 0 aliphatic heterocycles. The number of hydrogen-bond donors (Lipinski definition) is 5. The normalized spacial score (nSPS) is 13.4. The number of hydrogen-bond acceptors (Lipinski definition) is 7. The van der Waals surface area contributed by atoms with Crippen LogP contribution in [0.3, 0.4) is 0 Å². The number of rotatable bonds is 16. The molecule has 0 saturated carbocycles. The molecule has 0 aliphatic carbocycles. The zero-order chi connectivity index (χ0) is 19.2. The lowest BCUT2D eigenvalue weighted by Gasteiger charge is -2.25. The van der Waals surface area contributed by atoms with Crippen molar-refractivity contribution in [3.63, 3.8) is 0 Å². The van der Waals surface area contributed by atoms with Crippen molar-refractivity contribution in [2.24, 2.45) is 0 Å². The molecule has 10 heteroatoms. The van der Waals surface area contributed by atoms with E-state index in [0.717, 1.165) is 0 Å². The Kier molecular flexibility index (Phi) is 12.2. The van der Waals surface area contributed by atoms with E-state index < -0.39 is 36.5 Å². The zero-order valence-corrected chi connectivity index (χ0v) is 14.0. The van der Waals surface area contributed by atoms with Crippen molar-refractivity contribution in [3.05, 3.63) is 12.7 Å². The molecule has 0 bridgehead atoms. The van der Waals surface area contributed by atoms with E-state index in [-0.39, 0.29) is 45.8 Å². The third kappa shape index (κ3) is 13.0. The molecular weight excluding hydrogens is 336 g/mol. The SMILES string of the molecule is C=CCOCC(O)CN(CCNC(CC(=O)O)C(=O)O)CCC(=O)O. The highest BCUT2D eigenvalue weighted by atomic mass is 16.5. The summed E-state index contributed by atoms with van der Waals surface area (Å²) in [4.78, 5) is 33.9. The summed E-state index contributed by atoms with van der Waals surface area (Å²) in [5.41, 5.74) is 0. The Hall–Kier alpha value is -2.01. The van der Waals surface area contributed by atoms with E-state index in [0.29, 0.717) is 0 Å². The zero-order valence-electron chi connectivity index (χ0n) is 14.0. The Labute approximate surface area is 145 Å². The first kappa shape index (κ1) is 23.0. The molecule has 25 heavy (non-hydrogen) atoms. The van der Waals surface area contributed by atoms with E-state index in [9.17, 15) is 19.5 Å². The quantitative estimate of drug-likeness (QED) is 0.168. The van der Waals surface area contributed by atoms with Crippen molar-refractivity contribution in [2.45, 2.75) is 25.0 Å². The van der Waals surface area contributed by atoms with Crippen molar-refractivity contribution in [1.29, 1.82) is 0 Å². The molecule has 5 N–H and O–H groups in total. The van der Waals surface area contributed by atoms with Gasteiger partial charge in [-0.3, -0.25) is 19.3 Å². The van der Waals surface area contributed by atoms with Gasteiger partial charge in [0.05, 0.1) is 32.2 Å². The summed E-state index contributed by atoms with van der Waals surface area (Å²) in [7, 11) is 0. The van der Waals surface area contributed by atoms with E-state index in [2.05, 4.69) is 11.9 Å². The van der Waals surface area contributed by atoms with Crippen LogP contribution < -0.4 is 5.32 Å². The minimum absolute atomic E-state index is 0.0553. The Balaban J connectivity index is 4.45. The van der Waals surface area contributed by atoms with E-state index in [1.165, 1.54) is 6.08 Å².